The fraction of sp³-hybridized carbons (Fsp3) is 0.0233. The van der Waals surface area contributed by atoms with E-state index in [0.717, 1.165) is 10.9 Å². The summed E-state index contributed by atoms with van der Waals surface area (Å²) in [6.45, 7) is 0. The second kappa shape index (κ2) is 21.3. The molecule has 0 fully saturated rings. The molecule has 0 aliphatic heterocycles. The molecule has 3 heteroatoms. The van der Waals surface area contributed by atoms with E-state index in [0.29, 0.717) is 0 Å². The van der Waals surface area contributed by atoms with Gasteiger partial charge in [-0.3, -0.25) is 4.70 Å². The van der Waals surface area contributed by atoms with Gasteiger partial charge in [-0.2, -0.15) is 0 Å². The molecule has 0 bridgehead atoms. The van der Waals surface area contributed by atoms with E-state index in [-0.39, 0.29) is 12.1 Å². The number of hydrogen-bond donors (Lipinski definition) is 0. The van der Waals surface area contributed by atoms with Crippen molar-refractivity contribution in [2.45, 2.75) is 13.8 Å². The molecule has 0 unspecified atom stereocenters. The SMILES string of the molecule is Brc1cccc(-c2ccc3c4c(cccc24)-c2ccccc2-3)c1.C.F.c1cc(-c2ccc3c4c(cccc24)-c2ccccc2-3)cc(-n2c3ccccc3c3c4ccccc4c4ccccc4c32)c1.c1ccc2c(c1)Cc1c-2c2ccccc2c2ccccc12. The molecule has 3 aliphatic carbocycles. The number of fused-ring (bicyclic) bond motifs is 22. The zero-order chi connectivity index (χ0) is 57.3. The Hall–Kier alpha value is -10.7. The van der Waals surface area contributed by atoms with Crippen LogP contribution in [0, 0.1) is 0 Å². The minimum atomic E-state index is 0. The summed E-state index contributed by atoms with van der Waals surface area (Å²) >= 11 is 3.59. The molecule has 0 radical (unpaired) electrons. The summed E-state index contributed by atoms with van der Waals surface area (Å²) in [6.07, 6.45) is 1.05. The number of nitrogens with zero attached hydrogens (tertiary/aromatic N) is 1. The van der Waals surface area contributed by atoms with Crippen molar-refractivity contribution in [3.8, 4) is 83.6 Å². The standard InChI is InChI=1S/C42H25N.C22H13Br.C21H14.CH4.FH/c1-2-14-30-29(13-1)34-21-10-20-33-28(23-24-36(30)40(33)34)26-11-9-12-27(25-26)43-39-22-8-7-19-38(39)41-35-17-5-3-15-31(35)32-16-4-6-18-37(32)42(41)43;23-15-6-3-5-14(13-15)16-11-12-21-18-8-2-1-7-17(18)20-10-4-9-19(16)22(20)21;1-2-8-15-14(7-1)13-20-18-11-4-3-9-16(18)17-10-5-6-12-19(17)21(15)20;;/h1-25H;1-13H;1-12H,13H2;1H4;1H. The Balaban J connectivity index is 0.000000117. The third-order valence-corrected chi connectivity index (χ3v) is 19.4. The van der Waals surface area contributed by atoms with Crippen LogP contribution in [-0.2, 0) is 6.42 Å². The Kier molecular flexibility index (Phi) is 12.9. The van der Waals surface area contributed by atoms with E-state index in [4.69, 9.17) is 0 Å². The zero-order valence-corrected chi connectivity index (χ0v) is 49.4. The van der Waals surface area contributed by atoms with Crippen molar-refractivity contribution in [2.75, 3.05) is 0 Å². The van der Waals surface area contributed by atoms with Crippen LogP contribution >= 0.6 is 15.9 Å². The molecule has 0 saturated heterocycles. The fourth-order valence-electron chi connectivity index (χ4n) is 15.3. The number of aromatic nitrogens is 1. The molecule has 420 valence electrons. The van der Waals surface area contributed by atoms with Crippen LogP contribution in [0.3, 0.4) is 0 Å². The van der Waals surface area contributed by atoms with E-state index < -0.39 is 0 Å². The molecule has 3 aliphatic rings. The van der Waals surface area contributed by atoms with Gasteiger partial charge in [0, 0.05) is 26.3 Å². The van der Waals surface area contributed by atoms with E-state index in [9.17, 15) is 0 Å². The molecule has 20 rings (SSSR count). The first-order valence-electron chi connectivity index (χ1n) is 30.1. The van der Waals surface area contributed by atoms with E-state index in [1.54, 1.807) is 0 Å². The van der Waals surface area contributed by atoms with Crippen LogP contribution in [0.25, 0.3) is 170 Å². The summed E-state index contributed by atoms with van der Waals surface area (Å²) < 4.78 is 3.60. The molecule has 1 aromatic heterocycles. The average Bonchev–Trinajstić information content (AvgIpc) is 1.66. The zero-order valence-electron chi connectivity index (χ0n) is 47.8. The van der Waals surface area contributed by atoms with Crippen molar-refractivity contribution >= 4 is 102 Å². The molecule has 0 spiro atoms. The second-order valence-electron chi connectivity index (χ2n) is 23.4. The molecule has 1 heterocycles. The molecular weight excluding hydrogens is 1150 g/mol. The van der Waals surface area contributed by atoms with Gasteiger partial charge in [0.05, 0.1) is 11.0 Å². The Bertz CT molecular complexity index is 5710. The van der Waals surface area contributed by atoms with Gasteiger partial charge in [0.1, 0.15) is 0 Å². The van der Waals surface area contributed by atoms with Crippen LogP contribution in [0.15, 0.2) is 308 Å². The minimum Gasteiger partial charge on any atom is -0.309 e. The van der Waals surface area contributed by atoms with Gasteiger partial charge in [-0.05, 0) is 185 Å². The lowest BCUT2D eigenvalue weighted by Gasteiger charge is -2.14. The van der Waals surface area contributed by atoms with Crippen molar-refractivity contribution in [1.29, 1.82) is 0 Å². The topological polar surface area (TPSA) is 4.93 Å². The van der Waals surface area contributed by atoms with Crippen molar-refractivity contribution in [3.05, 3.63) is 319 Å². The average molecular weight is 1200 g/mol. The van der Waals surface area contributed by atoms with Gasteiger partial charge >= 0.3 is 0 Å². The van der Waals surface area contributed by atoms with Gasteiger partial charge in [0.15, 0.2) is 0 Å². The third-order valence-electron chi connectivity index (χ3n) is 18.9. The van der Waals surface area contributed by atoms with Crippen LogP contribution in [0.2, 0.25) is 0 Å². The predicted octanol–water partition coefficient (Wildman–Crippen LogP) is 24.8. The predicted molar refractivity (Wildman–Crippen MR) is 384 cm³/mol. The monoisotopic (exact) mass is 1200 g/mol. The van der Waals surface area contributed by atoms with Crippen molar-refractivity contribution in [2.24, 2.45) is 0 Å². The second-order valence-corrected chi connectivity index (χ2v) is 24.3. The molecule has 17 aromatic rings. The highest BCUT2D eigenvalue weighted by Gasteiger charge is 2.26. The smallest absolute Gasteiger partial charge is 0.0625 e. The van der Waals surface area contributed by atoms with Gasteiger partial charge in [-0.15, -0.1) is 0 Å². The summed E-state index contributed by atoms with van der Waals surface area (Å²) in [5, 5.41) is 18.7. The molecular formula is C86H57BrFN. The van der Waals surface area contributed by atoms with Crippen LogP contribution in [0.1, 0.15) is 18.6 Å². The highest BCUT2D eigenvalue weighted by Crippen LogP contribution is 2.52. The minimum absolute atomic E-state index is 0. The summed E-state index contributed by atoms with van der Waals surface area (Å²) in [6, 6.07) is 111. The highest BCUT2D eigenvalue weighted by atomic mass is 79.9. The molecule has 0 atom stereocenters. The molecule has 89 heavy (non-hydrogen) atoms. The Morgan fingerprint density at radius 3 is 1.26 bits per heavy atom. The molecule has 0 N–H and O–H groups in total. The van der Waals surface area contributed by atoms with Crippen LogP contribution in [0.5, 0.6) is 0 Å². The number of rotatable bonds is 3. The number of para-hydroxylation sites is 1. The van der Waals surface area contributed by atoms with E-state index in [1.165, 1.54) is 181 Å². The summed E-state index contributed by atoms with van der Waals surface area (Å²) in [4.78, 5) is 0. The number of hydrogen-bond acceptors (Lipinski definition) is 0. The maximum atomic E-state index is 3.59. The number of halogens is 2. The first-order valence-corrected chi connectivity index (χ1v) is 30.9. The van der Waals surface area contributed by atoms with Gasteiger partial charge < -0.3 is 4.57 Å². The Morgan fingerprint density at radius 1 is 0.270 bits per heavy atom. The molecule has 16 aromatic carbocycles. The fourth-order valence-corrected chi connectivity index (χ4v) is 15.7. The Labute approximate surface area is 524 Å². The maximum absolute atomic E-state index is 3.59. The highest BCUT2D eigenvalue weighted by molar-refractivity contribution is 9.10. The third kappa shape index (κ3) is 8.19. The molecule has 1 nitrogen and oxygen atoms in total. The van der Waals surface area contributed by atoms with Gasteiger partial charge in [0.25, 0.3) is 0 Å². The largest absolute Gasteiger partial charge is 0.309 e. The van der Waals surface area contributed by atoms with Gasteiger partial charge in [0.2, 0.25) is 0 Å². The maximum Gasteiger partial charge on any atom is 0.0625 e. The van der Waals surface area contributed by atoms with Crippen LogP contribution < -0.4 is 0 Å². The quantitative estimate of drug-likeness (QED) is 0.155. The van der Waals surface area contributed by atoms with Crippen molar-refractivity contribution in [3.63, 3.8) is 0 Å². The van der Waals surface area contributed by atoms with Gasteiger partial charge in [-0.1, -0.05) is 296 Å². The summed E-state index contributed by atoms with van der Waals surface area (Å²) in [5.74, 6) is 0. The van der Waals surface area contributed by atoms with Crippen LogP contribution in [0.4, 0.5) is 4.70 Å². The summed E-state index contributed by atoms with van der Waals surface area (Å²) in [7, 11) is 0. The Morgan fingerprint density at radius 2 is 0.663 bits per heavy atom. The van der Waals surface area contributed by atoms with E-state index in [2.05, 4.69) is 324 Å². The lowest BCUT2D eigenvalue weighted by molar-refractivity contribution is 1.11. The summed E-state index contributed by atoms with van der Waals surface area (Å²) in [5.41, 5.74) is 25.2. The lowest BCUT2D eigenvalue weighted by atomic mass is 9.92. The van der Waals surface area contributed by atoms with Crippen molar-refractivity contribution in [1.82, 2.24) is 4.57 Å². The van der Waals surface area contributed by atoms with E-state index in [1.807, 2.05) is 0 Å². The number of benzene rings is 16. The first kappa shape index (κ1) is 53.7. The van der Waals surface area contributed by atoms with Crippen molar-refractivity contribution < 1.29 is 4.70 Å². The molecule has 0 amide bonds. The normalized spacial score (nSPS) is 11.9. The van der Waals surface area contributed by atoms with E-state index >= 15 is 0 Å². The molecule has 0 saturated carbocycles. The first-order chi connectivity index (χ1) is 43.1. The van der Waals surface area contributed by atoms with Gasteiger partial charge in [-0.25, -0.2) is 0 Å². The van der Waals surface area contributed by atoms with Crippen LogP contribution in [-0.4, -0.2) is 4.57 Å². The lowest BCUT2D eigenvalue weighted by Crippen LogP contribution is -1.95.